The molecular formula is C19H17N3O. The fraction of sp³-hybridized carbons (Fsp3) is 0.158. The van der Waals surface area contributed by atoms with Gasteiger partial charge in [0.2, 0.25) is 0 Å². The molecule has 0 aliphatic rings. The van der Waals surface area contributed by atoms with Crippen molar-refractivity contribution in [1.29, 1.82) is 0 Å². The SMILES string of the molecule is OCCCc1ccc(-c2ccc3c(c2)[nH]c2ccncc23)cn1. The third-order valence-corrected chi connectivity index (χ3v) is 4.15. The Bertz CT molecular complexity index is 957. The minimum atomic E-state index is 0.204. The maximum Gasteiger partial charge on any atom is 0.0495 e. The molecule has 23 heavy (non-hydrogen) atoms. The van der Waals surface area contributed by atoms with Crippen molar-refractivity contribution in [2.45, 2.75) is 12.8 Å². The van der Waals surface area contributed by atoms with Crippen LogP contribution in [0.2, 0.25) is 0 Å². The average molecular weight is 303 g/mol. The van der Waals surface area contributed by atoms with Gasteiger partial charge in [0.25, 0.3) is 0 Å². The van der Waals surface area contributed by atoms with Crippen LogP contribution in [-0.2, 0) is 6.42 Å². The molecule has 1 aromatic carbocycles. The summed E-state index contributed by atoms with van der Waals surface area (Å²) >= 11 is 0. The number of aryl methyl sites for hydroxylation is 1. The number of hydrogen-bond donors (Lipinski definition) is 2. The highest BCUT2D eigenvalue weighted by Crippen LogP contribution is 2.28. The first kappa shape index (κ1) is 13.9. The van der Waals surface area contributed by atoms with Crippen LogP contribution in [0.3, 0.4) is 0 Å². The molecule has 4 aromatic rings. The molecule has 0 aliphatic carbocycles. The summed E-state index contributed by atoms with van der Waals surface area (Å²) in [6.45, 7) is 0.204. The van der Waals surface area contributed by atoms with Crippen LogP contribution in [0.25, 0.3) is 32.9 Å². The van der Waals surface area contributed by atoms with Gasteiger partial charge in [0.15, 0.2) is 0 Å². The van der Waals surface area contributed by atoms with Crippen molar-refractivity contribution in [3.05, 3.63) is 60.7 Å². The van der Waals surface area contributed by atoms with Crippen molar-refractivity contribution < 1.29 is 5.11 Å². The van der Waals surface area contributed by atoms with Gasteiger partial charge in [-0.1, -0.05) is 18.2 Å². The molecule has 4 heteroatoms. The van der Waals surface area contributed by atoms with Crippen LogP contribution in [0, 0.1) is 0 Å². The third-order valence-electron chi connectivity index (χ3n) is 4.15. The molecule has 0 fully saturated rings. The Kier molecular flexibility index (Phi) is 3.52. The van der Waals surface area contributed by atoms with Gasteiger partial charge in [0.1, 0.15) is 0 Å². The number of aromatic amines is 1. The molecule has 2 N–H and O–H groups in total. The summed E-state index contributed by atoms with van der Waals surface area (Å²) < 4.78 is 0. The van der Waals surface area contributed by atoms with E-state index in [0.717, 1.165) is 46.1 Å². The van der Waals surface area contributed by atoms with Crippen LogP contribution in [-0.4, -0.2) is 26.7 Å². The molecule has 0 aliphatic heterocycles. The first-order valence-corrected chi connectivity index (χ1v) is 7.77. The molecule has 0 atom stereocenters. The van der Waals surface area contributed by atoms with Gasteiger partial charge >= 0.3 is 0 Å². The second-order valence-corrected chi connectivity index (χ2v) is 5.67. The van der Waals surface area contributed by atoms with Gasteiger partial charge < -0.3 is 10.1 Å². The minimum absolute atomic E-state index is 0.204. The highest BCUT2D eigenvalue weighted by atomic mass is 16.2. The van der Waals surface area contributed by atoms with Gasteiger partial charge in [-0.25, -0.2) is 0 Å². The zero-order valence-corrected chi connectivity index (χ0v) is 12.7. The monoisotopic (exact) mass is 303 g/mol. The number of aromatic nitrogens is 3. The molecule has 0 spiro atoms. The summed E-state index contributed by atoms with van der Waals surface area (Å²) in [6, 6.07) is 12.5. The Morgan fingerprint density at radius 2 is 1.83 bits per heavy atom. The van der Waals surface area contributed by atoms with Crippen molar-refractivity contribution >= 4 is 21.8 Å². The number of nitrogens with one attached hydrogen (secondary N) is 1. The van der Waals surface area contributed by atoms with Crippen LogP contribution in [0.4, 0.5) is 0 Å². The van der Waals surface area contributed by atoms with E-state index in [4.69, 9.17) is 5.11 Å². The molecular weight excluding hydrogens is 286 g/mol. The van der Waals surface area contributed by atoms with Crippen molar-refractivity contribution in [1.82, 2.24) is 15.0 Å². The van der Waals surface area contributed by atoms with E-state index in [-0.39, 0.29) is 6.61 Å². The summed E-state index contributed by atoms with van der Waals surface area (Å²) in [5.41, 5.74) is 5.45. The zero-order valence-electron chi connectivity index (χ0n) is 12.7. The second-order valence-electron chi connectivity index (χ2n) is 5.67. The van der Waals surface area contributed by atoms with E-state index in [2.05, 4.69) is 39.2 Å². The molecule has 0 radical (unpaired) electrons. The van der Waals surface area contributed by atoms with Gasteiger partial charge in [-0.05, 0) is 36.6 Å². The standard InChI is InChI=1S/C19H17N3O/c23-9-1-2-15-5-3-14(11-21-15)13-4-6-16-17-12-20-8-7-18(17)22-19(16)10-13/h3-8,10-12,22-23H,1-2,9H2. The lowest BCUT2D eigenvalue weighted by atomic mass is 10.0. The number of pyridine rings is 2. The molecule has 3 heterocycles. The van der Waals surface area contributed by atoms with Gasteiger partial charge in [-0.15, -0.1) is 0 Å². The Labute approximate surface area is 133 Å². The summed E-state index contributed by atoms with van der Waals surface area (Å²) in [6.07, 6.45) is 7.16. The molecule has 4 rings (SSSR count). The Hall–Kier alpha value is -2.72. The van der Waals surface area contributed by atoms with Crippen molar-refractivity contribution in [2.75, 3.05) is 6.61 Å². The number of rotatable bonds is 4. The van der Waals surface area contributed by atoms with E-state index in [1.807, 2.05) is 24.5 Å². The summed E-state index contributed by atoms with van der Waals surface area (Å²) in [5.74, 6) is 0. The highest BCUT2D eigenvalue weighted by Gasteiger charge is 2.06. The quantitative estimate of drug-likeness (QED) is 0.604. The zero-order chi connectivity index (χ0) is 15.6. The van der Waals surface area contributed by atoms with Gasteiger partial charge in [0.05, 0.1) is 0 Å². The van der Waals surface area contributed by atoms with Gasteiger partial charge in [0, 0.05) is 58.3 Å². The van der Waals surface area contributed by atoms with Crippen molar-refractivity contribution in [2.24, 2.45) is 0 Å². The Balaban J connectivity index is 1.72. The van der Waals surface area contributed by atoms with Crippen LogP contribution >= 0.6 is 0 Å². The fourth-order valence-electron chi connectivity index (χ4n) is 2.93. The van der Waals surface area contributed by atoms with Gasteiger partial charge in [-0.2, -0.15) is 0 Å². The molecule has 3 aromatic heterocycles. The molecule has 0 unspecified atom stereocenters. The normalized spacial score (nSPS) is 11.3. The number of nitrogens with zero attached hydrogens (tertiary/aromatic N) is 2. The van der Waals surface area contributed by atoms with Crippen molar-refractivity contribution in [3.8, 4) is 11.1 Å². The molecule has 4 nitrogen and oxygen atoms in total. The third kappa shape index (κ3) is 2.58. The predicted octanol–water partition coefficient (Wildman–Crippen LogP) is 3.70. The summed E-state index contributed by atoms with van der Waals surface area (Å²) in [5, 5.41) is 11.2. The number of hydrogen-bond acceptors (Lipinski definition) is 3. The van der Waals surface area contributed by atoms with Crippen LogP contribution in [0.1, 0.15) is 12.1 Å². The molecule has 0 bridgehead atoms. The van der Waals surface area contributed by atoms with Gasteiger partial charge in [-0.3, -0.25) is 9.97 Å². The first-order chi connectivity index (χ1) is 11.3. The van der Waals surface area contributed by atoms with Crippen LogP contribution < -0.4 is 0 Å². The lowest BCUT2D eigenvalue weighted by Gasteiger charge is -2.04. The highest BCUT2D eigenvalue weighted by molar-refractivity contribution is 6.07. The van der Waals surface area contributed by atoms with Crippen LogP contribution in [0.15, 0.2) is 55.0 Å². The lowest BCUT2D eigenvalue weighted by molar-refractivity contribution is 0.288. The topological polar surface area (TPSA) is 61.8 Å². The second kappa shape index (κ2) is 5.82. The number of H-pyrrole nitrogens is 1. The fourth-order valence-corrected chi connectivity index (χ4v) is 2.93. The van der Waals surface area contributed by atoms with E-state index >= 15 is 0 Å². The van der Waals surface area contributed by atoms with E-state index in [9.17, 15) is 0 Å². The largest absolute Gasteiger partial charge is 0.396 e. The number of fused-ring (bicyclic) bond motifs is 3. The maximum atomic E-state index is 8.88. The first-order valence-electron chi connectivity index (χ1n) is 7.77. The van der Waals surface area contributed by atoms with Crippen LogP contribution in [0.5, 0.6) is 0 Å². The average Bonchev–Trinajstić information content (AvgIpc) is 2.98. The predicted molar refractivity (Wildman–Crippen MR) is 92.2 cm³/mol. The van der Waals surface area contributed by atoms with E-state index < -0.39 is 0 Å². The maximum absolute atomic E-state index is 8.88. The Morgan fingerprint density at radius 3 is 2.65 bits per heavy atom. The summed E-state index contributed by atoms with van der Waals surface area (Å²) in [7, 11) is 0. The molecule has 0 saturated carbocycles. The molecule has 114 valence electrons. The Morgan fingerprint density at radius 1 is 0.913 bits per heavy atom. The van der Waals surface area contributed by atoms with E-state index in [1.54, 1.807) is 6.20 Å². The molecule has 0 amide bonds. The number of aliphatic hydroxyl groups excluding tert-OH is 1. The number of benzene rings is 1. The molecule has 0 saturated heterocycles. The van der Waals surface area contributed by atoms with Crippen molar-refractivity contribution in [3.63, 3.8) is 0 Å². The summed E-state index contributed by atoms with van der Waals surface area (Å²) in [4.78, 5) is 12.1. The number of aliphatic hydroxyl groups is 1. The minimum Gasteiger partial charge on any atom is -0.396 e. The smallest absolute Gasteiger partial charge is 0.0495 e. The van der Waals surface area contributed by atoms with E-state index in [0.29, 0.717) is 0 Å². The lowest BCUT2D eigenvalue weighted by Crippen LogP contribution is -1.93. The van der Waals surface area contributed by atoms with E-state index in [1.165, 1.54) is 5.39 Å².